The zero-order valence-corrected chi connectivity index (χ0v) is 13.5. The number of hydrogen-bond acceptors (Lipinski definition) is 4. The number of hydrogen-bond donors (Lipinski definition) is 1. The lowest BCUT2D eigenvalue weighted by molar-refractivity contribution is 0.279. The topological polar surface area (TPSA) is 37.8 Å². The van der Waals surface area contributed by atoms with Crippen molar-refractivity contribution in [2.24, 2.45) is 5.41 Å². The van der Waals surface area contributed by atoms with Gasteiger partial charge in [0, 0.05) is 22.7 Å². The summed E-state index contributed by atoms with van der Waals surface area (Å²) in [5, 5.41) is 4.68. The van der Waals surface area contributed by atoms with Gasteiger partial charge in [-0.15, -0.1) is 11.3 Å². The number of aryl methyl sites for hydroxylation is 2. The summed E-state index contributed by atoms with van der Waals surface area (Å²) in [6.45, 7) is 11.1. The normalized spacial score (nSPS) is 14.0. The van der Waals surface area contributed by atoms with Crippen LogP contribution in [0.25, 0.3) is 10.2 Å². The Morgan fingerprint density at radius 3 is 2.53 bits per heavy atom. The van der Waals surface area contributed by atoms with Crippen LogP contribution < -0.4 is 5.32 Å². The molecule has 0 amide bonds. The van der Waals surface area contributed by atoms with Crippen molar-refractivity contribution in [1.29, 1.82) is 0 Å². The molecule has 0 aromatic carbocycles. The van der Waals surface area contributed by atoms with E-state index >= 15 is 0 Å². The fourth-order valence-electron chi connectivity index (χ4n) is 2.44. The van der Waals surface area contributed by atoms with Gasteiger partial charge in [-0.1, -0.05) is 20.8 Å². The second kappa shape index (κ2) is 5.17. The van der Waals surface area contributed by atoms with Crippen molar-refractivity contribution in [3.8, 4) is 0 Å². The lowest BCUT2D eigenvalue weighted by Gasteiger charge is -2.30. The minimum Gasteiger partial charge on any atom is -0.316 e. The average Bonchev–Trinajstić information content (AvgIpc) is 2.61. The van der Waals surface area contributed by atoms with Crippen LogP contribution in [0.5, 0.6) is 0 Å². The minimum atomic E-state index is 0.213. The summed E-state index contributed by atoms with van der Waals surface area (Å²) in [4.78, 5) is 11.4. The highest BCUT2D eigenvalue weighted by Gasteiger charge is 2.25. The monoisotopic (exact) mass is 277 g/mol. The fourth-order valence-corrected chi connectivity index (χ4v) is 3.46. The van der Waals surface area contributed by atoms with Crippen LogP contribution in [0.1, 0.15) is 36.9 Å². The van der Waals surface area contributed by atoms with Gasteiger partial charge < -0.3 is 5.32 Å². The van der Waals surface area contributed by atoms with E-state index in [1.807, 2.05) is 7.05 Å². The largest absolute Gasteiger partial charge is 0.316 e. The zero-order chi connectivity index (χ0) is 14.2. The third-order valence-electron chi connectivity index (χ3n) is 3.84. The molecule has 3 nitrogen and oxygen atoms in total. The number of fused-ring (bicyclic) bond motifs is 1. The van der Waals surface area contributed by atoms with Crippen molar-refractivity contribution in [3.63, 3.8) is 0 Å². The van der Waals surface area contributed by atoms with Crippen LogP contribution in [-0.4, -0.2) is 23.1 Å². The van der Waals surface area contributed by atoms with Gasteiger partial charge in [-0.2, -0.15) is 0 Å². The van der Waals surface area contributed by atoms with Crippen molar-refractivity contribution in [2.75, 3.05) is 7.05 Å². The van der Waals surface area contributed by atoms with Crippen LogP contribution in [0, 0.1) is 19.3 Å². The Labute approximate surface area is 119 Å². The Morgan fingerprint density at radius 2 is 1.95 bits per heavy atom. The molecule has 1 unspecified atom stereocenters. The molecule has 2 aromatic heterocycles. The van der Waals surface area contributed by atoms with Gasteiger partial charge in [0.2, 0.25) is 0 Å². The van der Waals surface area contributed by atoms with E-state index in [2.05, 4.69) is 49.9 Å². The van der Waals surface area contributed by atoms with Gasteiger partial charge >= 0.3 is 0 Å². The summed E-state index contributed by atoms with van der Waals surface area (Å²) in [6, 6.07) is 0.408. The van der Waals surface area contributed by atoms with Crippen molar-refractivity contribution >= 4 is 21.6 Å². The molecule has 0 spiro atoms. The second-order valence-electron chi connectivity index (χ2n) is 6.20. The molecule has 0 aliphatic carbocycles. The van der Waals surface area contributed by atoms with E-state index in [-0.39, 0.29) is 5.41 Å². The quantitative estimate of drug-likeness (QED) is 0.933. The van der Waals surface area contributed by atoms with E-state index in [0.717, 1.165) is 11.3 Å². The molecule has 1 atom stereocenters. The Hall–Kier alpha value is -1.00. The van der Waals surface area contributed by atoms with Crippen LogP contribution in [0.3, 0.4) is 0 Å². The van der Waals surface area contributed by atoms with Gasteiger partial charge in [0.1, 0.15) is 11.2 Å². The number of nitrogens with one attached hydrogen (secondary N) is 1. The van der Waals surface area contributed by atoms with E-state index < -0.39 is 0 Å². The third-order valence-corrected chi connectivity index (χ3v) is 4.95. The molecular formula is C15H23N3S. The Balaban J connectivity index is 2.45. The van der Waals surface area contributed by atoms with Gasteiger partial charge in [-0.05, 0) is 31.9 Å². The maximum absolute atomic E-state index is 4.54. The molecule has 0 saturated heterocycles. The molecule has 2 rings (SSSR count). The Morgan fingerprint density at radius 1 is 1.26 bits per heavy atom. The van der Waals surface area contributed by atoms with Crippen molar-refractivity contribution in [1.82, 2.24) is 15.3 Å². The summed E-state index contributed by atoms with van der Waals surface area (Å²) in [5.41, 5.74) is 2.71. The second-order valence-corrected chi connectivity index (χ2v) is 7.40. The third kappa shape index (κ3) is 2.79. The molecule has 4 heteroatoms. The zero-order valence-electron chi connectivity index (χ0n) is 12.7. The molecule has 2 heterocycles. The Bertz CT molecular complexity index is 581. The first-order valence-corrected chi connectivity index (χ1v) is 7.53. The molecule has 0 radical (unpaired) electrons. The van der Waals surface area contributed by atoms with E-state index in [0.29, 0.717) is 6.04 Å². The molecule has 1 N–H and O–H groups in total. The first-order chi connectivity index (χ1) is 8.84. The lowest BCUT2D eigenvalue weighted by Crippen LogP contribution is -2.40. The smallest absolute Gasteiger partial charge is 0.127 e. The maximum Gasteiger partial charge on any atom is 0.127 e. The summed E-state index contributed by atoms with van der Waals surface area (Å²) < 4.78 is 0. The molecule has 2 aromatic rings. The Kier molecular flexibility index (Phi) is 3.92. The predicted molar refractivity (Wildman–Crippen MR) is 82.9 cm³/mol. The number of aromatic nitrogens is 2. The van der Waals surface area contributed by atoms with Gasteiger partial charge in [0.05, 0.1) is 5.69 Å². The summed E-state index contributed by atoms with van der Waals surface area (Å²) in [6.07, 6.45) is 2.64. The van der Waals surface area contributed by atoms with Gasteiger partial charge in [-0.25, -0.2) is 9.97 Å². The van der Waals surface area contributed by atoms with Gasteiger partial charge in [-0.3, -0.25) is 0 Å². The van der Waals surface area contributed by atoms with E-state index in [1.54, 1.807) is 17.7 Å². The number of thiophene rings is 1. The maximum atomic E-state index is 4.54. The van der Waals surface area contributed by atoms with E-state index in [4.69, 9.17) is 0 Å². The van der Waals surface area contributed by atoms with Crippen LogP contribution in [0.4, 0.5) is 0 Å². The van der Waals surface area contributed by atoms with Crippen LogP contribution in [0.2, 0.25) is 0 Å². The summed E-state index contributed by atoms with van der Waals surface area (Å²) >= 11 is 1.76. The summed E-state index contributed by atoms with van der Waals surface area (Å²) in [7, 11) is 2.03. The molecular weight excluding hydrogens is 254 g/mol. The van der Waals surface area contributed by atoms with E-state index in [9.17, 15) is 0 Å². The molecule has 0 aliphatic rings. The van der Waals surface area contributed by atoms with Crippen molar-refractivity contribution in [2.45, 2.75) is 47.1 Å². The molecule has 0 aliphatic heterocycles. The number of rotatable bonds is 3. The van der Waals surface area contributed by atoms with Crippen molar-refractivity contribution in [3.05, 3.63) is 22.5 Å². The highest BCUT2D eigenvalue weighted by atomic mass is 32.1. The SMILES string of the molecule is CNC(Cc1ncnc2sc(C)c(C)c12)C(C)(C)C. The number of nitrogens with zero attached hydrogens (tertiary/aromatic N) is 2. The first kappa shape index (κ1) is 14.4. The summed E-state index contributed by atoms with van der Waals surface area (Å²) in [5.74, 6) is 0. The minimum absolute atomic E-state index is 0.213. The fraction of sp³-hybridized carbons (Fsp3) is 0.600. The molecule has 0 bridgehead atoms. The highest BCUT2D eigenvalue weighted by Crippen LogP contribution is 2.32. The van der Waals surface area contributed by atoms with Gasteiger partial charge in [0.15, 0.2) is 0 Å². The molecule has 19 heavy (non-hydrogen) atoms. The molecule has 0 fully saturated rings. The van der Waals surface area contributed by atoms with Crippen LogP contribution >= 0.6 is 11.3 Å². The lowest BCUT2D eigenvalue weighted by atomic mass is 9.83. The van der Waals surface area contributed by atoms with Gasteiger partial charge in [0.25, 0.3) is 0 Å². The molecule has 0 saturated carbocycles. The first-order valence-electron chi connectivity index (χ1n) is 6.71. The predicted octanol–water partition coefficient (Wildman–Crippen LogP) is 3.48. The van der Waals surface area contributed by atoms with E-state index in [1.165, 1.54) is 21.5 Å². The number of likely N-dealkylation sites (N-methyl/N-ethyl adjacent to an activating group) is 1. The van der Waals surface area contributed by atoms with Crippen LogP contribution in [0.15, 0.2) is 6.33 Å². The highest BCUT2D eigenvalue weighted by molar-refractivity contribution is 7.18. The standard InChI is InChI=1S/C15H23N3S/c1-9-10(2)19-14-13(9)11(17-8-18-14)7-12(16-6)15(3,4)5/h8,12,16H,7H2,1-6H3. The molecule has 104 valence electrons. The van der Waals surface area contributed by atoms with Crippen molar-refractivity contribution < 1.29 is 0 Å². The average molecular weight is 277 g/mol. The van der Waals surface area contributed by atoms with Crippen LogP contribution in [-0.2, 0) is 6.42 Å².